The van der Waals surface area contributed by atoms with E-state index in [9.17, 15) is 19.2 Å². The van der Waals surface area contributed by atoms with Gasteiger partial charge in [0.05, 0.1) is 0 Å². The molecule has 3 aliphatic rings. The van der Waals surface area contributed by atoms with Crippen molar-refractivity contribution in [2.75, 3.05) is 78.5 Å². The van der Waals surface area contributed by atoms with Crippen LogP contribution < -0.4 is 10.6 Å². The molecule has 0 aromatic carbocycles. The van der Waals surface area contributed by atoms with Crippen molar-refractivity contribution < 1.29 is 19.2 Å². The first kappa shape index (κ1) is 26.0. The molecular formula is C16H26N6O4Rf2-4. The first-order valence-electron chi connectivity index (χ1n) is 8.65. The van der Waals surface area contributed by atoms with Crippen molar-refractivity contribution in [2.45, 2.75) is 0 Å². The van der Waals surface area contributed by atoms with Gasteiger partial charge in [0, 0.05) is 78.5 Å². The molecule has 0 spiro atoms. The van der Waals surface area contributed by atoms with Gasteiger partial charge in [0.15, 0.2) is 0 Å². The van der Waals surface area contributed by atoms with E-state index in [1.54, 1.807) is 22.6 Å². The Bertz CT molecular complexity index is 378. The van der Waals surface area contributed by atoms with E-state index in [1.807, 2.05) is 12.8 Å². The van der Waals surface area contributed by atoms with Gasteiger partial charge in [0.2, 0.25) is 0 Å². The van der Waals surface area contributed by atoms with Crippen LogP contribution in [0.1, 0.15) is 0 Å². The molecule has 0 radical (unpaired) electrons. The molecule has 0 aromatic rings. The maximum absolute atomic E-state index is 10.0. The predicted octanol–water partition coefficient (Wildman–Crippen LogP) is -3.34. The molecule has 152 valence electrons. The van der Waals surface area contributed by atoms with Crippen molar-refractivity contribution in [1.29, 1.82) is 0 Å². The van der Waals surface area contributed by atoms with Crippen LogP contribution in [0.4, 0.5) is 0 Å². The second kappa shape index (κ2) is 16.3. The third kappa shape index (κ3) is 10.6. The van der Waals surface area contributed by atoms with E-state index in [0.717, 1.165) is 52.4 Å². The molecule has 0 atom stereocenters. The molecule has 12 heteroatoms. The smallest absolute Gasteiger partial charge is 0.0103 e. The average Bonchev–Trinajstić information content (AvgIpc) is 2.76. The zero-order chi connectivity index (χ0) is 19.0. The molecule has 3 rings (SSSR count). The molecule has 3 heterocycles. The summed E-state index contributed by atoms with van der Waals surface area (Å²) >= 11 is 0. The largest absolute Gasteiger partial charge is 0.520 e. The molecule has 0 bridgehead atoms. The maximum Gasteiger partial charge on any atom is 0.0103 e. The molecule has 10 nitrogen and oxygen atoms in total. The third-order valence-corrected chi connectivity index (χ3v) is 4.03. The summed E-state index contributed by atoms with van der Waals surface area (Å²) in [6.07, 6.45) is 7.25. The van der Waals surface area contributed by atoms with Crippen LogP contribution in [0.5, 0.6) is 0 Å². The molecule has 0 unspecified atom stereocenters. The number of nitrogens with zero attached hydrogens (tertiary/aromatic N) is 4. The number of amides is 4. The number of piperazine rings is 3. The number of carbonyl (C=O) groups excluding carboxylic acids is 4. The number of rotatable bonds is 4. The van der Waals surface area contributed by atoms with Crippen LogP contribution in [-0.4, -0.2) is 124 Å². The Morgan fingerprint density at radius 2 is 0.643 bits per heavy atom. The number of hydrogen-bond acceptors (Lipinski definition) is 6. The fraction of sp³-hybridized carbons (Fsp3) is 0.750. The number of hydrogen-bond donors (Lipinski definition) is 2. The summed E-state index contributed by atoms with van der Waals surface area (Å²) in [5.74, 6) is 0. The SMILES string of the molecule is O=[C-]N1CCN([C-]=O)CC1.O=[C-]N1CCNCC1.O=[C-]N1CCNCC1.[Rf].[Rf]. The van der Waals surface area contributed by atoms with Crippen LogP contribution >= 0.6 is 0 Å². The van der Waals surface area contributed by atoms with Gasteiger partial charge in [-0.1, -0.05) is 0 Å². The summed E-state index contributed by atoms with van der Waals surface area (Å²) in [5, 5.41) is 6.26. The zero-order valence-corrected chi connectivity index (χ0v) is 29.1. The van der Waals surface area contributed by atoms with Crippen LogP contribution in [0.3, 0.4) is 0 Å². The summed E-state index contributed by atoms with van der Waals surface area (Å²) in [6.45, 7) is 9.21. The Labute approximate surface area is 154 Å². The summed E-state index contributed by atoms with van der Waals surface area (Å²) in [4.78, 5) is 46.3. The molecule has 3 fully saturated rings. The monoisotopic (exact) mass is 900 g/mol. The van der Waals surface area contributed by atoms with Crippen LogP contribution in [-0.2, 0) is 19.2 Å². The van der Waals surface area contributed by atoms with E-state index in [4.69, 9.17) is 0 Å². The van der Waals surface area contributed by atoms with Gasteiger partial charge in [-0.05, 0) is 0 Å². The van der Waals surface area contributed by atoms with Crippen LogP contribution in [0.25, 0.3) is 0 Å². The predicted molar refractivity (Wildman–Crippen MR) is 94.8 cm³/mol. The van der Waals surface area contributed by atoms with E-state index in [-0.39, 0.29) is 0 Å². The summed E-state index contributed by atoms with van der Waals surface area (Å²) < 4.78 is 0. The minimum Gasteiger partial charge on any atom is -0.520 e. The summed E-state index contributed by atoms with van der Waals surface area (Å²) in [6, 6.07) is 0. The normalized spacial score (nSPS) is 18.6. The van der Waals surface area contributed by atoms with E-state index in [0.29, 0.717) is 26.2 Å². The maximum atomic E-state index is 10.0. The third-order valence-electron chi connectivity index (χ3n) is 4.03. The Morgan fingerprint density at radius 3 is 0.821 bits per heavy atom. The molecule has 0 saturated carbocycles. The first-order valence-corrected chi connectivity index (χ1v) is 8.65. The molecule has 0 aromatic heterocycles. The van der Waals surface area contributed by atoms with E-state index in [2.05, 4.69) is 10.6 Å². The Hall–Kier alpha value is -4.20. The van der Waals surface area contributed by atoms with Gasteiger partial charge in [-0.15, -0.1) is 0 Å². The van der Waals surface area contributed by atoms with Crippen LogP contribution in [0, 0.1) is 0 Å². The van der Waals surface area contributed by atoms with E-state index in [1.165, 1.54) is 9.80 Å². The van der Waals surface area contributed by atoms with Gasteiger partial charge < -0.3 is 49.4 Å². The molecule has 3 saturated heterocycles. The minimum atomic E-state index is 0. The van der Waals surface area contributed by atoms with Gasteiger partial charge in [-0.2, -0.15) is 25.6 Å². The minimum absolute atomic E-state index is 0. The Kier molecular flexibility index (Phi) is 15.1. The van der Waals surface area contributed by atoms with Gasteiger partial charge in [0.25, 0.3) is 0 Å². The van der Waals surface area contributed by atoms with E-state index < -0.39 is 0 Å². The van der Waals surface area contributed by atoms with Gasteiger partial charge >= 0.3 is 0 Å². The molecular weight excluding hydrogens is 874 g/mol. The molecule has 2 N–H and O–H groups in total. The van der Waals surface area contributed by atoms with Crippen molar-refractivity contribution in [3.63, 3.8) is 0 Å². The van der Waals surface area contributed by atoms with Crippen molar-refractivity contribution in [3.8, 4) is 0 Å². The second-order valence-electron chi connectivity index (χ2n) is 5.81. The fourth-order valence-corrected chi connectivity index (χ4v) is 2.40. The van der Waals surface area contributed by atoms with E-state index >= 15 is 0 Å². The molecule has 0 aliphatic carbocycles. The van der Waals surface area contributed by atoms with Gasteiger partial charge in [-0.25, -0.2) is 0 Å². The standard InChI is InChI=1S/C6H8N2O2.2C5H9N2O.2Rf/c9-5-7-1-2-8(6-10)4-3-7;2*8-5-7-3-1-6-2-4-7;;/h1-4H2;2*6H,1-4H2;;/q-2;2*-1;;. The van der Waals surface area contributed by atoms with Crippen LogP contribution in [0.2, 0.25) is 0 Å². The Balaban J connectivity index is 0. The molecule has 4 amide bonds. The topological polar surface area (TPSA) is 105 Å². The van der Waals surface area contributed by atoms with Gasteiger partial charge in [0.1, 0.15) is 0 Å². The van der Waals surface area contributed by atoms with Gasteiger partial charge in [-0.3, -0.25) is 0 Å². The number of nitrogens with one attached hydrogen (secondary N) is 2. The fourth-order valence-electron chi connectivity index (χ4n) is 2.40. The summed E-state index contributed by atoms with van der Waals surface area (Å²) in [5.41, 5.74) is 0. The molecule has 3 aliphatic heterocycles. The average molecular weight is 900 g/mol. The van der Waals surface area contributed by atoms with Crippen molar-refractivity contribution >= 4 is 25.6 Å². The van der Waals surface area contributed by atoms with Crippen molar-refractivity contribution in [1.82, 2.24) is 30.2 Å². The summed E-state index contributed by atoms with van der Waals surface area (Å²) in [7, 11) is 0. The van der Waals surface area contributed by atoms with Crippen molar-refractivity contribution in [3.05, 3.63) is 0 Å². The first-order chi connectivity index (χ1) is 12.7. The molecule has 28 heavy (non-hydrogen) atoms. The Morgan fingerprint density at radius 1 is 0.429 bits per heavy atom. The second-order valence-corrected chi connectivity index (χ2v) is 5.81. The quantitative estimate of drug-likeness (QED) is 0.287. The van der Waals surface area contributed by atoms with Crippen molar-refractivity contribution in [2.24, 2.45) is 0 Å². The zero-order valence-electron chi connectivity index (χ0n) is 16.3. The van der Waals surface area contributed by atoms with Crippen LogP contribution in [0.15, 0.2) is 0 Å².